The van der Waals surface area contributed by atoms with Gasteiger partial charge in [0.2, 0.25) is 0 Å². The van der Waals surface area contributed by atoms with E-state index in [-0.39, 0.29) is 18.1 Å². The van der Waals surface area contributed by atoms with Gasteiger partial charge in [-0.3, -0.25) is 10.00 Å². The Morgan fingerprint density at radius 1 is 0.970 bits per heavy atom. The number of nitrogens with one attached hydrogen (secondary N) is 1. The van der Waals surface area contributed by atoms with Crippen molar-refractivity contribution in [3.63, 3.8) is 0 Å². The number of benzene rings is 3. The van der Waals surface area contributed by atoms with Crippen LogP contribution in [0.1, 0.15) is 27.4 Å². The molecule has 1 aromatic heterocycles. The zero-order chi connectivity index (χ0) is 22.9. The van der Waals surface area contributed by atoms with Crippen molar-refractivity contribution in [3.05, 3.63) is 95.7 Å². The van der Waals surface area contributed by atoms with Crippen LogP contribution in [0.4, 0.5) is 10.5 Å². The molecule has 0 unspecified atom stereocenters. The van der Waals surface area contributed by atoms with Crippen molar-refractivity contribution in [2.24, 2.45) is 7.05 Å². The van der Waals surface area contributed by atoms with Crippen molar-refractivity contribution in [1.82, 2.24) is 9.78 Å². The number of aryl methyl sites for hydroxylation is 1. The van der Waals surface area contributed by atoms with E-state index < -0.39 is 12.1 Å². The molecule has 5 rings (SSSR count). The van der Waals surface area contributed by atoms with E-state index in [0.29, 0.717) is 16.9 Å². The first-order chi connectivity index (χ1) is 16.0. The summed E-state index contributed by atoms with van der Waals surface area (Å²) in [5.74, 6) is -1.05. The molecule has 0 saturated heterocycles. The van der Waals surface area contributed by atoms with E-state index in [9.17, 15) is 14.7 Å². The zero-order valence-electron chi connectivity index (χ0n) is 17.9. The van der Waals surface area contributed by atoms with Gasteiger partial charge in [0.15, 0.2) is 0 Å². The molecule has 7 nitrogen and oxygen atoms in total. The summed E-state index contributed by atoms with van der Waals surface area (Å²) < 4.78 is 7.03. The van der Waals surface area contributed by atoms with E-state index in [1.165, 1.54) is 22.0 Å². The van der Waals surface area contributed by atoms with Gasteiger partial charge in [0.25, 0.3) is 0 Å². The summed E-state index contributed by atoms with van der Waals surface area (Å²) in [4.78, 5) is 23.9. The van der Waals surface area contributed by atoms with E-state index in [2.05, 4.69) is 34.7 Å². The van der Waals surface area contributed by atoms with Gasteiger partial charge in [0, 0.05) is 30.4 Å². The van der Waals surface area contributed by atoms with Gasteiger partial charge in [0.1, 0.15) is 17.9 Å². The maximum Gasteiger partial charge on any atom is 0.411 e. The average Bonchev–Trinajstić information content (AvgIpc) is 3.37. The molecule has 7 heteroatoms. The van der Waals surface area contributed by atoms with Gasteiger partial charge in [0.05, 0.1) is 0 Å². The highest BCUT2D eigenvalue weighted by molar-refractivity contribution is 5.95. The van der Waals surface area contributed by atoms with Crippen LogP contribution in [0.5, 0.6) is 0 Å². The van der Waals surface area contributed by atoms with Crippen molar-refractivity contribution >= 4 is 17.7 Å². The number of carbonyl (C=O) groups excluding carboxylic acids is 1. The maximum atomic E-state index is 12.5. The molecule has 33 heavy (non-hydrogen) atoms. The normalized spacial score (nSPS) is 12.2. The molecule has 1 heterocycles. The molecule has 4 aromatic rings. The molecule has 0 fully saturated rings. The molecule has 0 spiro atoms. The molecular formula is C26H21N3O4. The van der Waals surface area contributed by atoms with Crippen molar-refractivity contribution in [1.29, 1.82) is 0 Å². The second kappa shape index (κ2) is 8.27. The van der Waals surface area contributed by atoms with Gasteiger partial charge in [-0.25, -0.2) is 9.59 Å². The number of aromatic carboxylic acids is 1. The number of carboxylic acid groups (broad SMARTS) is 1. The number of nitrogens with zero attached hydrogens (tertiary/aromatic N) is 2. The minimum Gasteiger partial charge on any atom is -0.478 e. The van der Waals surface area contributed by atoms with Crippen LogP contribution in [-0.2, 0) is 11.8 Å². The summed E-state index contributed by atoms with van der Waals surface area (Å²) in [6.45, 7) is 0.230. The molecule has 1 aliphatic carbocycles. The lowest BCUT2D eigenvalue weighted by Crippen LogP contribution is -2.17. The highest BCUT2D eigenvalue weighted by Gasteiger charge is 2.29. The van der Waals surface area contributed by atoms with Gasteiger partial charge >= 0.3 is 12.1 Å². The molecule has 3 aromatic carbocycles. The first kappa shape index (κ1) is 20.5. The molecule has 1 aliphatic rings. The van der Waals surface area contributed by atoms with Crippen LogP contribution < -0.4 is 5.32 Å². The zero-order valence-corrected chi connectivity index (χ0v) is 17.9. The number of carbonyl (C=O) groups is 2. The fraction of sp³-hybridized carbons (Fsp3) is 0.115. The molecule has 2 N–H and O–H groups in total. The highest BCUT2D eigenvalue weighted by atomic mass is 16.5. The SMILES string of the molecule is Cn1cc(C(=O)O)c(-c2ccc(NC(=O)OCC3c4ccccc4-c4ccccc43)cc2)n1. The third-order valence-corrected chi connectivity index (χ3v) is 5.81. The van der Waals surface area contributed by atoms with Crippen LogP contribution in [0.15, 0.2) is 79.0 Å². The van der Waals surface area contributed by atoms with Crippen LogP contribution in [0.3, 0.4) is 0 Å². The monoisotopic (exact) mass is 439 g/mol. The van der Waals surface area contributed by atoms with Crippen LogP contribution in [0.2, 0.25) is 0 Å². The average molecular weight is 439 g/mol. The maximum absolute atomic E-state index is 12.5. The molecular weight excluding hydrogens is 418 g/mol. The number of hydrogen-bond donors (Lipinski definition) is 2. The highest BCUT2D eigenvalue weighted by Crippen LogP contribution is 2.44. The van der Waals surface area contributed by atoms with Crippen molar-refractivity contribution in [2.45, 2.75) is 5.92 Å². The number of rotatable bonds is 5. The quantitative estimate of drug-likeness (QED) is 0.449. The fourth-order valence-electron chi connectivity index (χ4n) is 4.32. The first-order valence-electron chi connectivity index (χ1n) is 10.5. The Balaban J connectivity index is 1.27. The Labute approximate surface area is 190 Å². The number of anilines is 1. The van der Waals surface area contributed by atoms with Gasteiger partial charge in [-0.1, -0.05) is 60.7 Å². The molecule has 1 amide bonds. The summed E-state index contributed by atoms with van der Waals surface area (Å²) in [6, 6.07) is 23.2. The van der Waals surface area contributed by atoms with Crippen LogP contribution in [0, 0.1) is 0 Å². The molecule has 0 saturated carbocycles. The van der Waals surface area contributed by atoms with E-state index in [0.717, 1.165) is 11.1 Å². The van der Waals surface area contributed by atoms with Crippen molar-refractivity contribution in [3.8, 4) is 22.4 Å². The van der Waals surface area contributed by atoms with Crippen LogP contribution in [0.25, 0.3) is 22.4 Å². The second-order valence-corrected chi connectivity index (χ2v) is 7.90. The number of aromatic nitrogens is 2. The number of ether oxygens (including phenoxy) is 1. The lowest BCUT2D eigenvalue weighted by Gasteiger charge is -2.14. The number of hydrogen-bond acceptors (Lipinski definition) is 4. The smallest absolute Gasteiger partial charge is 0.411 e. The molecule has 0 bridgehead atoms. The van der Waals surface area contributed by atoms with Crippen molar-refractivity contribution in [2.75, 3.05) is 11.9 Å². The minimum absolute atomic E-state index is 0.0101. The molecule has 164 valence electrons. The topological polar surface area (TPSA) is 93.5 Å². The Bertz CT molecular complexity index is 1310. The summed E-state index contributed by atoms with van der Waals surface area (Å²) in [5, 5.41) is 16.3. The fourth-order valence-corrected chi connectivity index (χ4v) is 4.32. The van der Waals surface area contributed by atoms with E-state index >= 15 is 0 Å². The molecule has 0 aliphatic heterocycles. The molecule has 0 atom stereocenters. The lowest BCUT2D eigenvalue weighted by atomic mass is 9.98. The van der Waals surface area contributed by atoms with Crippen LogP contribution >= 0.6 is 0 Å². The predicted octanol–water partition coefficient (Wildman–Crippen LogP) is 5.15. The Kier molecular flexibility index (Phi) is 5.14. The van der Waals surface area contributed by atoms with E-state index in [1.807, 2.05) is 24.3 Å². The van der Waals surface area contributed by atoms with E-state index in [1.54, 1.807) is 31.3 Å². The molecule has 0 radical (unpaired) electrons. The van der Waals surface area contributed by atoms with Gasteiger partial charge in [-0.15, -0.1) is 0 Å². The standard InChI is InChI=1S/C26H21N3O4/c1-29-14-22(25(30)31)24(28-29)16-10-12-17(13-11-16)27-26(32)33-15-23-20-8-4-2-6-18(20)19-7-3-5-9-21(19)23/h2-14,23H,15H2,1H3,(H,27,32)(H,30,31). The number of amides is 1. The largest absolute Gasteiger partial charge is 0.478 e. The summed E-state index contributed by atoms with van der Waals surface area (Å²) in [6.07, 6.45) is 0.911. The van der Waals surface area contributed by atoms with Gasteiger partial charge in [-0.2, -0.15) is 5.10 Å². The van der Waals surface area contributed by atoms with Gasteiger partial charge in [-0.05, 0) is 34.4 Å². The van der Waals surface area contributed by atoms with Gasteiger partial charge < -0.3 is 9.84 Å². The van der Waals surface area contributed by atoms with Crippen LogP contribution in [-0.4, -0.2) is 33.6 Å². The van der Waals surface area contributed by atoms with E-state index in [4.69, 9.17) is 4.74 Å². The first-order valence-corrected chi connectivity index (χ1v) is 10.5. The summed E-state index contributed by atoms with van der Waals surface area (Å²) in [7, 11) is 1.67. The third kappa shape index (κ3) is 3.85. The minimum atomic E-state index is -1.04. The van der Waals surface area contributed by atoms with Crippen molar-refractivity contribution < 1.29 is 19.4 Å². The second-order valence-electron chi connectivity index (χ2n) is 7.90. The Morgan fingerprint density at radius 3 is 2.18 bits per heavy atom. The lowest BCUT2D eigenvalue weighted by molar-refractivity contribution is 0.0697. The third-order valence-electron chi connectivity index (χ3n) is 5.81. The summed E-state index contributed by atoms with van der Waals surface area (Å²) in [5.41, 5.74) is 6.34. The Morgan fingerprint density at radius 2 is 1.58 bits per heavy atom. The Hall–Kier alpha value is -4.39. The summed E-state index contributed by atoms with van der Waals surface area (Å²) >= 11 is 0. The predicted molar refractivity (Wildman–Crippen MR) is 124 cm³/mol. The number of carboxylic acids is 1. The number of fused-ring (bicyclic) bond motifs is 3.